The lowest BCUT2D eigenvalue weighted by Crippen LogP contribution is -2.14. The van der Waals surface area contributed by atoms with E-state index < -0.39 is 0 Å². The minimum atomic E-state index is 0.702. The second-order valence-corrected chi connectivity index (χ2v) is 16.0. The van der Waals surface area contributed by atoms with E-state index in [9.17, 15) is 0 Å². The molecule has 1 aliphatic carbocycles. The highest BCUT2D eigenvalue weighted by Crippen LogP contribution is 2.67. The molecule has 0 radical (unpaired) electrons. The van der Waals surface area contributed by atoms with Crippen molar-refractivity contribution >= 4 is 21.5 Å². The van der Waals surface area contributed by atoms with Gasteiger partial charge in [0.15, 0.2) is 0 Å². The Balaban J connectivity index is 1.66. The molecule has 0 N–H and O–H groups in total. The summed E-state index contributed by atoms with van der Waals surface area (Å²) in [4.78, 5) is 0. The van der Waals surface area contributed by atoms with E-state index in [1.54, 1.807) is 0 Å². The van der Waals surface area contributed by atoms with Crippen molar-refractivity contribution in [2.24, 2.45) is 0 Å². The van der Waals surface area contributed by atoms with Crippen LogP contribution < -0.4 is 18.9 Å². The van der Waals surface area contributed by atoms with Gasteiger partial charge in [0.1, 0.15) is 23.0 Å². The lowest BCUT2D eigenvalue weighted by atomic mass is 9.74. The van der Waals surface area contributed by atoms with Crippen molar-refractivity contribution in [1.82, 2.24) is 0 Å². The molecule has 0 spiro atoms. The summed E-state index contributed by atoms with van der Waals surface area (Å²) < 4.78 is 27.9. The molecule has 1 aliphatic rings. The van der Waals surface area contributed by atoms with Crippen molar-refractivity contribution in [3.8, 4) is 45.3 Å². The van der Waals surface area contributed by atoms with Crippen molar-refractivity contribution in [2.75, 3.05) is 26.4 Å². The van der Waals surface area contributed by atoms with E-state index in [-0.39, 0.29) is 0 Å². The fourth-order valence-electron chi connectivity index (χ4n) is 8.09. The zero-order valence-corrected chi connectivity index (χ0v) is 35.1. The van der Waals surface area contributed by atoms with Gasteiger partial charge in [0.2, 0.25) is 0 Å². The van der Waals surface area contributed by atoms with Gasteiger partial charge in [0, 0.05) is 43.8 Å². The van der Waals surface area contributed by atoms with E-state index in [1.807, 2.05) is 0 Å². The molecule has 296 valence electrons. The number of ether oxygens (including phenoxy) is 4. The van der Waals surface area contributed by atoms with Crippen LogP contribution in [-0.4, -0.2) is 26.4 Å². The summed E-state index contributed by atoms with van der Waals surface area (Å²) in [5, 5.41) is 4.55. The summed E-state index contributed by atoms with van der Waals surface area (Å²) in [6.45, 7) is 16.3. The lowest BCUT2D eigenvalue weighted by molar-refractivity contribution is 0.296. The fourth-order valence-corrected chi connectivity index (χ4v) is 8.09. The molecule has 4 aromatic carbocycles. The summed E-state index contributed by atoms with van der Waals surface area (Å²) in [6.07, 6.45) is 24.1. The standard InChI is InChI=1S/C50H72O4/c1-7-11-15-19-23-31-51-47-39-29-27-37(5)35-41(39)49(53-33-25-21-17-13-9-3)45-43(47)46-44(45)48(52-32-24-20-16-12-8-2)40-30-28-38(6)36-42(40)50(46)54-34-26-22-18-14-10-4/h27-30,35-36H,7-26,31-34H2,1-6H3. The third kappa shape index (κ3) is 10.5. The Morgan fingerprint density at radius 1 is 0.315 bits per heavy atom. The van der Waals surface area contributed by atoms with Gasteiger partial charge in [0.05, 0.1) is 26.4 Å². The molecule has 5 rings (SSSR count). The van der Waals surface area contributed by atoms with Crippen LogP contribution in [-0.2, 0) is 0 Å². The third-order valence-electron chi connectivity index (χ3n) is 11.2. The van der Waals surface area contributed by atoms with Crippen LogP contribution in [0.4, 0.5) is 0 Å². The molecule has 0 unspecified atom stereocenters. The van der Waals surface area contributed by atoms with Crippen LogP contribution >= 0.6 is 0 Å². The van der Waals surface area contributed by atoms with Crippen LogP contribution in [0.1, 0.15) is 167 Å². The number of hydrogen-bond acceptors (Lipinski definition) is 4. The Labute approximate surface area is 328 Å². The van der Waals surface area contributed by atoms with Crippen LogP contribution in [0, 0.1) is 13.8 Å². The van der Waals surface area contributed by atoms with Crippen molar-refractivity contribution in [3.05, 3.63) is 47.5 Å². The van der Waals surface area contributed by atoms with Crippen LogP contribution in [0.2, 0.25) is 0 Å². The van der Waals surface area contributed by atoms with Crippen molar-refractivity contribution in [3.63, 3.8) is 0 Å². The first kappa shape index (κ1) is 41.8. The van der Waals surface area contributed by atoms with Gasteiger partial charge in [-0.3, -0.25) is 0 Å². The highest BCUT2D eigenvalue weighted by atomic mass is 16.5. The van der Waals surface area contributed by atoms with Gasteiger partial charge < -0.3 is 18.9 Å². The van der Waals surface area contributed by atoms with Gasteiger partial charge in [-0.15, -0.1) is 0 Å². The number of rotatable bonds is 28. The van der Waals surface area contributed by atoms with Crippen molar-refractivity contribution < 1.29 is 18.9 Å². The summed E-state index contributed by atoms with van der Waals surface area (Å²) in [7, 11) is 0. The third-order valence-corrected chi connectivity index (χ3v) is 11.2. The average molecular weight is 737 g/mol. The molecule has 4 heteroatoms. The smallest absolute Gasteiger partial charge is 0.136 e. The van der Waals surface area contributed by atoms with Gasteiger partial charge in [-0.2, -0.15) is 0 Å². The molecule has 4 nitrogen and oxygen atoms in total. The first-order valence-electron chi connectivity index (χ1n) is 22.3. The molecule has 0 saturated heterocycles. The van der Waals surface area contributed by atoms with E-state index in [1.165, 1.54) is 114 Å². The molecule has 0 aliphatic heterocycles. The number of benzene rings is 4. The van der Waals surface area contributed by atoms with E-state index in [2.05, 4.69) is 77.9 Å². The van der Waals surface area contributed by atoms with E-state index in [0.29, 0.717) is 26.4 Å². The molecular weight excluding hydrogens is 665 g/mol. The first-order chi connectivity index (χ1) is 26.5. The molecule has 0 bridgehead atoms. The molecule has 0 fully saturated rings. The Kier molecular flexibility index (Phi) is 17.2. The van der Waals surface area contributed by atoms with E-state index >= 15 is 0 Å². The lowest BCUT2D eigenvalue weighted by Gasteiger charge is -2.35. The summed E-state index contributed by atoms with van der Waals surface area (Å²) in [5.74, 6) is 3.91. The second kappa shape index (κ2) is 22.2. The van der Waals surface area contributed by atoms with Crippen molar-refractivity contribution in [2.45, 2.75) is 170 Å². The second-order valence-electron chi connectivity index (χ2n) is 16.0. The highest BCUT2D eigenvalue weighted by Gasteiger charge is 2.40. The highest BCUT2D eigenvalue weighted by molar-refractivity contribution is 6.24. The van der Waals surface area contributed by atoms with Crippen LogP contribution in [0.5, 0.6) is 23.0 Å². The summed E-state index contributed by atoms with van der Waals surface area (Å²) in [6, 6.07) is 13.6. The maximum absolute atomic E-state index is 6.98. The average Bonchev–Trinajstić information content (AvgIpc) is 3.16. The number of hydrogen-bond donors (Lipinski definition) is 0. The molecule has 0 amide bonds. The molecular formula is C50H72O4. The monoisotopic (exact) mass is 737 g/mol. The molecule has 4 aromatic rings. The fraction of sp³-hybridized carbons (Fsp3) is 0.600. The molecule has 0 heterocycles. The summed E-state index contributed by atoms with van der Waals surface area (Å²) >= 11 is 0. The van der Waals surface area contributed by atoms with Gasteiger partial charge in [0.25, 0.3) is 0 Å². The number of fused-ring (bicyclic) bond motifs is 6. The van der Waals surface area contributed by atoms with Crippen LogP contribution in [0.25, 0.3) is 43.8 Å². The van der Waals surface area contributed by atoms with Gasteiger partial charge in [-0.1, -0.05) is 166 Å². The van der Waals surface area contributed by atoms with Crippen LogP contribution in [0.3, 0.4) is 0 Å². The minimum absolute atomic E-state index is 0.702. The normalized spacial score (nSPS) is 11.8. The SMILES string of the molecule is CCCCCCCOc1c2c(c(OCCCCCCC)c3cc(C)ccc13)-c1c-2c(OCCCCCCC)c2cc(C)ccc2c1OCCCCCCC. The Morgan fingerprint density at radius 2 is 0.574 bits per heavy atom. The van der Waals surface area contributed by atoms with E-state index in [4.69, 9.17) is 18.9 Å². The van der Waals surface area contributed by atoms with Gasteiger partial charge in [-0.05, 0) is 51.7 Å². The zero-order valence-electron chi connectivity index (χ0n) is 35.1. The number of unbranched alkanes of at least 4 members (excludes halogenated alkanes) is 16. The summed E-state index contributed by atoms with van der Waals surface area (Å²) in [5.41, 5.74) is 7.04. The maximum atomic E-state index is 6.98. The maximum Gasteiger partial charge on any atom is 0.136 e. The van der Waals surface area contributed by atoms with Gasteiger partial charge in [-0.25, -0.2) is 0 Å². The minimum Gasteiger partial charge on any atom is -0.492 e. The Hall–Kier alpha value is -3.40. The molecule has 0 atom stereocenters. The molecule has 0 saturated carbocycles. The predicted molar refractivity (Wildman–Crippen MR) is 232 cm³/mol. The Bertz CT molecular complexity index is 1610. The van der Waals surface area contributed by atoms with Gasteiger partial charge >= 0.3 is 0 Å². The van der Waals surface area contributed by atoms with Crippen LogP contribution in [0.15, 0.2) is 36.4 Å². The zero-order chi connectivity index (χ0) is 38.1. The predicted octanol–water partition coefficient (Wildman–Crippen LogP) is 15.7. The first-order valence-corrected chi connectivity index (χ1v) is 22.3. The topological polar surface area (TPSA) is 36.9 Å². The number of aryl methyl sites for hydroxylation is 2. The van der Waals surface area contributed by atoms with E-state index in [0.717, 1.165) is 92.5 Å². The van der Waals surface area contributed by atoms with Crippen molar-refractivity contribution in [1.29, 1.82) is 0 Å². The Morgan fingerprint density at radius 3 is 0.852 bits per heavy atom. The quantitative estimate of drug-likeness (QED) is 0.0479. The molecule has 0 aromatic heterocycles. The largest absolute Gasteiger partial charge is 0.492 e. The molecule has 54 heavy (non-hydrogen) atoms.